The van der Waals surface area contributed by atoms with E-state index < -0.39 is 23.3 Å². The Hall–Kier alpha value is -0.440. The lowest BCUT2D eigenvalue weighted by atomic mass is 10.1. The Balaban J connectivity index is 3.57. The van der Waals surface area contributed by atoms with Gasteiger partial charge in [-0.3, -0.25) is 5.04 Å². The fourth-order valence-corrected chi connectivity index (χ4v) is 1.46. The number of ether oxygens (including phenoxy) is 1. The van der Waals surface area contributed by atoms with Crippen molar-refractivity contribution in [1.29, 1.82) is 0 Å². The van der Waals surface area contributed by atoms with Gasteiger partial charge in [-0.05, 0) is 6.42 Å². The lowest BCUT2D eigenvalue weighted by Gasteiger charge is -2.13. The maximum atomic E-state index is 12.8. The molecule has 0 heterocycles. The number of carbonyl (C=O) groups is 1. The van der Waals surface area contributed by atoms with E-state index in [0.29, 0.717) is 6.42 Å². The number of carbonyl (C=O) groups excluding carboxylic acids is 1. The van der Waals surface area contributed by atoms with Crippen LogP contribution >= 0.6 is 12.0 Å². The van der Waals surface area contributed by atoms with E-state index in [2.05, 4.69) is 21.0 Å². The Bertz CT molecular complexity index is 228. The second-order valence-electron chi connectivity index (χ2n) is 3.64. The van der Waals surface area contributed by atoms with E-state index in [9.17, 15) is 18.8 Å². The largest absolute Gasteiger partial charge is 0.691 e. The van der Waals surface area contributed by atoms with E-state index in [-0.39, 0.29) is 6.61 Å². The first-order valence-corrected chi connectivity index (χ1v) is 6.48. The van der Waals surface area contributed by atoms with Gasteiger partial charge in [0.2, 0.25) is 0 Å². The van der Waals surface area contributed by atoms with E-state index in [1.807, 2.05) is 0 Å². The zero-order chi connectivity index (χ0) is 13.9. The summed E-state index contributed by atoms with van der Waals surface area (Å²) in [4.78, 5) is 10.9. The average Bonchev–Trinajstić information content (AvgIpc) is 2.35. The molecule has 0 saturated heterocycles. The first-order chi connectivity index (χ1) is 8.54. The summed E-state index contributed by atoms with van der Waals surface area (Å²) in [5.41, 5.74) is 0. The van der Waals surface area contributed by atoms with E-state index >= 15 is 0 Å². The number of hydrogen-bond acceptors (Lipinski definition) is 6. The first-order valence-electron chi connectivity index (χ1n) is 5.74. The minimum absolute atomic E-state index is 0.0701. The van der Waals surface area contributed by atoms with Crippen molar-refractivity contribution in [2.75, 3.05) is 6.61 Å². The summed E-state index contributed by atoms with van der Waals surface area (Å²) in [6, 6.07) is 0. The van der Waals surface area contributed by atoms with Crippen molar-refractivity contribution < 1.29 is 32.9 Å². The third-order valence-corrected chi connectivity index (χ3v) is 2.63. The molecule has 0 aliphatic heterocycles. The Morgan fingerprint density at radius 2 is 1.83 bits per heavy atom. The monoisotopic (exact) mass is 287 g/mol. The predicted molar refractivity (Wildman–Crippen MR) is 59.0 cm³/mol. The lowest BCUT2D eigenvalue weighted by molar-refractivity contribution is -0.777. The van der Waals surface area contributed by atoms with Gasteiger partial charge in [0.15, 0.2) is 0 Å². The molecule has 0 aromatic rings. The van der Waals surface area contributed by atoms with Crippen LogP contribution in [-0.4, -0.2) is 17.8 Å². The maximum absolute atomic E-state index is 12.8. The molecule has 0 aromatic heterocycles. The number of esters is 1. The first kappa shape index (κ1) is 17.6. The topological polar surface area (TPSA) is 67.8 Å². The quantitative estimate of drug-likeness (QED) is 0.191. The lowest BCUT2D eigenvalue weighted by Crippen LogP contribution is -2.28. The molecule has 0 bridgehead atoms. The van der Waals surface area contributed by atoms with Gasteiger partial charge in [-0.25, -0.2) is 4.79 Å². The predicted octanol–water partition coefficient (Wildman–Crippen LogP) is 2.35. The maximum Gasteiger partial charge on any atom is 0.415 e. The van der Waals surface area contributed by atoms with Crippen LogP contribution in [0.2, 0.25) is 0 Å². The van der Waals surface area contributed by atoms with Crippen LogP contribution in [0.5, 0.6) is 0 Å². The van der Waals surface area contributed by atoms with Crippen LogP contribution in [0, 0.1) is 0 Å². The minimum atomic E-state index is -3.94. The Morgan fingerprint density at radius 3 is 2.44 bits per heavy atom. The molecule has 0 amide bonds. The van der Waals surface area contributed by atoms with E-state index in [4.69, 9.17) is 0 Å². The Morgan fingerprint density at radius 1 is 1.22 bits per heavy atom. The van der Waals surface area contributed by atoms with Gasteiger partial charge in [0.25, 0.3) is 0 Å². The summed E-state index contributed by atoms with van der Waals surface area (Å²) in [6.07, 6.45) is 5.71. The molecular formula is C10H17F2O5S-. The Kier molecular flexibility index (Phi) is 10.2. The zero-order valence-corrected chi connectivity index (χ0v) is 11.0. The summed E-state index contributed by atoms with van der Waals surface area (Å²) in [6.45, 7) is 2.02. The number of unbranched alkanes of at least 4 members (excludes halogenated alkanes) is 5. The molecule has 5 nitrogen and oxygen atoms in total. The number of halogens is 2. The molecule has 108 valence electrons. The van der Waals surface area contributed by atoms with Crippen molar-refractivity contribution in [2.45, 2.75) is 50.7 Å². The van der Waals surface area contributed by atoms with Crippen LogP contribution in [-0.2, 0) is 18.9 Å². The molecule has 0 radical (unpaired) electrons. The van der Waals surface area contributed by atoms with Gasteiger partial charge in [0, 0.05) is 0 Å². The summed E-state index contributed by atoms with van der Waals surface area (Å²) in [7, 11) is 0. The average molecular weight is 287 g/mol. The van der Waals surface area contributed by atoms with Gasteiger partial charge in [0.05, 0.1) is 6.61 Å². The van der Waals surface area contributed by atoms with Crippen LogP contribution in [0.4, 0.5) is 8.78 Å². The van der Waals surface area contributed by atoms with E-state index in [1.165, 1.54) is 0 Å². The van der Waals surface area contributed by atoms with Crippen LogP contribution in [0.3, 0.4) is 0 Å². The third-order valence-electron chi connectivity index (χ3n) is 2.14. The van der Waals surface area contributed by atoms with Gasteiger partial charge >= 0.3 is 11.2 Å². The van der Waals surface area contributed by atoms with E-state index in [1.54, 1.807) is 0 Å². The zero-order valence-electron chi connectivity index (χ0n) is 10.2. The van der Waals surface area contributed by atoms with Crippen LogP contribution in [0.25, 0.3) is 0 Å². The molecule has 18 heavy (non-hydrogen) atoms. The minimum Gasteiger partial charge on any atom is -0.691 e. The molecule has 0 aromatic carbocycles. The Labute approximate surface area is 109 Å². The molecule has 0 atom stereocenters. The SMILES string of the molecule is CCCCCCCCOC(=O)C(F)(F)SOO[O-]. The molecule has 0 saturated carbocycles. The highest BCUT2D eigenvalue weighted by atomic mass is 32.2. The number of alkyl halides is 2. The van der Waals surface area contributed by atoms with Crippen molar-refractivity contribution in [1.82, 2.24) is 0 Å². The highest BCUT2D eigenvalue weighted by molar-refractivity contribution is 7.96. The second-order valence-corrected chi connectivity index (χ2v) is 4.46. The molecule has 0 aliphatic rings. The summed E-state index contributed by atoms with van der Waals surface area (Å²) in [5.74, 6) is -1.74. The van der Waals surface area contributed by atoms with E-state index in [0.717, 1.165) is 32.1 Å². The normalized spacial score (nSPS) is 11.6. The highest BCUT2D eigenvalue weighted by Crippen LogP contribution is 2.31. The van der Waals surface area contributed by atoms with Crippen LogP contribution in [0.15, 0.2) is 0 Å². The van der Waals surface area contributed by atoms with Gasteiger partial charge in [-0.2, -0.15) is 13.1 Å². The summed E-state index contributed by atoms with van der Waals surface area (Å²) < 4.78 is 33.4. The standard InChI is InChI=1S/C10H18F2O5S/c1-2-3-4-5-6-7-8-15-9(13)10(11,12)18-17-16-14/h14H,2-8H2,1H3/p-1. The van der Waals surface area contributed by atoms with Crippen molar-refractivity contribution >= 4 is 18.0 Å². The van der Waals surface area contributed by atoms with Crippen LogP contribution < -0.4 is 5.26 Å². The molecule has 0 unspecified atom stereocenters. The van der Waals surface area contributed by atoms with Gasteiger partial charge < -0.3 is 9.99 Å². The molecule has 8 heteroatoms. The van der Waals surface area contributed by atoms with Crippen LogP contribution in [0.1, 0.15) is 45.4 Å². The third kappa shape index (κ3) is 8.62. The summed E-state index contributed by atoms with van der Waals surface area (Å²) >= 11 is -0.681. The van der Waals surface area contributed by atoms with Gasteiger partial charge in [0.1, 0.15) is 12.0 Å². The molecule has 0 rings (SSSR count). The molecule has 0 aliphatic carbocycles. The molecular weight excluding hydrogens is 270 g/mol. The highest BCUT2D eigenvalue weighted by Gasteiger charge is 2.43. The fourth-order valence-electron chi connectivity index (χ4n) is 1.22. The van der Waals surface area contributed by atoms with Crippen molar-refractivity contribution in [2.24, 2.45) is 0 Å². The van der Waals surface area contributed by atoms with Crippen molar-refractivity contribution in [3.8, 4) is 0 Å². The number of rotatable bonds is 11. The molecule has 0 spiro atoms. The van der Waals surface area contributed by atoms with Gasteiger partial charge in [-0.15, -0.1) is 0 Å². The smallest absolute Gasteiger partial charge is 0.415 e. The van der Waals surface area contributed by atoms with Crippen molar-refractivity contribution in [3.63, 3.8) is 0 Å². The second kappa shape index (κ2) is 10.5. The fraction of sp³-hybridized carbons (Fsp3) is 0.900. The number of hydrogen-bond donors (Lipinski definition) is 0. The molecule has 0 fully saturated rings. The molecule has 0 N–H and O–H groups in total. The van der Waals surface area contributed by atoms with Gasteiger partial charge in [-0.1, -0.05) is 39.0 Å². The summed E-state index contributed by atoms with van der Waals surface area (Å²) in [5, 5.41) is 8.15. The van der Waals surface area contributed by atoms with Crippen molar-refractivity contribution in [3.05, 3.63) is 0 Å².